The summed E-state index contributed by atoms with van der Waals surface area (Å²) in [6.45, 7) is 4.33. The lowest BCUT2D eigenvalue weighted by Gasteiger charge is -2.04. The molecule has 2 aliphatic heterocycles. The van der Waals surface area contributed by atoms with E-state index in [1.54, 1.807) is 23.5 Å². The van der Waals surface area contributed by atoms with Gasteiger partial charge in [0.1, 0.15) is 11.6 Å². The van der Waals surface area contributed by atoms with Gasteiger partial charge in [-0.3, -0.25) is 0 Å². The molecule has 0 aromatic heterocycles. The Kier molecular flexibility index (Phi) is 5.15. The molecule has 0 N–H and O–H groups in total. The van der Waals surface area contributed by atoms with Crippen LogP contribution in [0.2, 0.25) is 0 Å². The second-order valence-electron chi connectivity index (χ2n) is 4.77. The Bertz CT molecular complexity index is 832. The average molecular weight is 372 g/mol. The first-order chi connectivity index (χ1) is 11.1. The van der Waals surface area contributed by atoms with Gasteiger partial charge in [-0.25, -0.2) is 0 Å². The van der Waals surface area contributed by atoms with Gasteiger partial charge in [0, 0.05) is 16.3 Å². The number of benzene rings is 1. The molecule has 2 heterocycles. The van der Waals surface area contributed by atoms with Gasteiger partial charge in [0.15, 0.2) is 0 Å². The van der Waals surface area contributed by atoms with Crippen molar-refractivity contribution in [3.63, 3.8) is 0 Å². The van der Waals surface area contributed by atoms with Crippen LogP contribution in [0.5, 0.6) is 0 Å². The van der Waals surface area contributed by atoms with Gasteiger partial charge in [0.05, 0.1) is 8.47 Å². The van der Waals surface area contributed by atoms with Crippen molar-refractivity contribution >= 4 is 63.4 Å². The van der Waals surface area contributed by atoms with E-state index in [1.165, 1.54) is 23.2 Å². The fourth-order valence-corrected chi connectivity index (χ4v) is 7.09. The van der Waals surface area contributed by atoms with Gasteiger partial charge >= 0.3 is 0 Å². The molecule has 6 heteroatoms. The second kappa shape index (κ2) is 7.12. The Hall–Kier alpha value is -1.22. The van der Waals surface area contributed by atoms with E-state index in [-0.39, 0.29) is 5.57 Å². The SMILES string of the molecule is CC1=C(C)SC(=C2SC=C(c3ccc(C(=C=[N])C#N)cc3)S2)S1. The predicted octanol–water partition coefficient (Wildman–Crippen LogP) is 5.70. The molecule has 113 valence electrons. The summed E-state index contributed by atoms with van der Waals surface area (Å²) in [5.74, 6) is 1.92. The van der Waals surface area contributed by atoms with Crippen molar-refractivity contribution in [2.24, 2.45) is 0 Å². The Labute approximate surface area is 152 Å². The molecule has 2 nitrogen and oxygen atoms in total. The van der Waals surface area contributed by atoms with Crippen LogP contribution in [0.1, 0.15) is 25.0 Å². The first-order valence-electron chi connectivity index (χ1n) is 6.72. The topological polar surface area (TPSA) is 46.1 Å². The molecule has 1 aromatic rings. The Morgan fingerprint density at radius 1 is 0.957 bits per heavy atom. The van der Waals surface area contributed by atoms with Crippen LogP contribution < -0.4 is 5.41 Å². The van der Waals surface area contributed by atoms with E-state index >= 15 is 0 Å². The van der Waals surface area contributed by atoms with Crippen LogP contribution in [-0.4, -0.2) is 5.87 Å². The molecule has 0 unspecified atom stereocenters. The van der Waals surface area contributed by atoms with Gasteiger partial charge in [0.2, 0.25) is 0 Å². The van der Waals surface area contributed by atoms with Crippen molar-refractivity contribution in [2.75, 3.05) is 0 Å². The molecule has 0 saturated carbocycles. The van der Waals surface area contributed by atoms with Crippen molar-refractivity contribution in [3.8, 4) is 6.07 Å². The molecular formula is C17H11N2S4. The van der Waals surface area contributed by atoms with Gasteiger partial charge in [-0.05, 0) is 34.6 Å². The molecule has 1 radical (unpaired) electrons. The second-order valence-corrected chi connectivity index (χ2v) is 9.67. The molecule has 0 bridgehead atoms. The highest BCUT2D eigenvalue weighted by Gasteiger charge is 2.23. The minimum atomic E-state index is 0.151. The third-order valence-corrected chi connectivity index (χ3v) is 8.88. The summed E-state index contributed by atoms with van der Waals surface area (Å²) in [7, 11) is 0. The molecule has 0 fully saturated rings. The van der Waals surface area contributed by atoms with Crippen LogP contribution in [0, 0.1) is 11.3 Å². The van der Waals surface area contributed by atoms with E-state index in [1.807, 2.05) is 59.7 Å². The zero-order valence-corrected chi connectivity index (χ0v) is 15.7. The fraction of sp³-hybridized carbons (Fsp3) is 0.118. The molecule has 0 amide bonds. The Morgan fingerprint density at radius 3 is 2.17 bits per heavy atom. The van der Waals surface area contributed by atoms with Crippen LogP contribution in [0.3, 0.4) is 0 Å². The fourth-order valence-electron chi connectivity index (χ4n) is 1.95. The van der Waals surface area contributed by atoms with Gasteiger partial charge in [0.25, 0.3) is 0 Å². The van der Waals surface area contributed by atoms with Crippen molar-refractivity contribution in [1.82, 2.24) is 5.41 Å². The van der Waals surface area contributed by atoms with Crippen molar-refractivity contribution in [3.05, 3.63) is 59.1 Å². The quantitative estimate of drug-likeness (QED) is 0.493. The highest BCUT2D eigenvalue weighted by molar-refractivity contribution is 8.35. The summed E-state index contributed by atoms with van der Waals surface area (Å²) in [5, 5.41) is 20.0. The Balaban J connectivity index is 1.77. The first-order valence-corrected chi connectivity index (χ1v) is 10.1. The van der Waals surface area contributed by atoms with E-state index in [4.69, 9.17) is 10.7 Å². The number of rotatable bonds is 2. The van der Waals surface area contributed by atoms with E-state index in [2.05, 4.69) is 19.3 Å². The lowest BCUT2D eigenvalue weighted by Crippen LogP contribution is -1.84. The monoisotopic (exact) mass is 371 g/mol. The molecule has 0 aliphatic carbocycles. The molecule has 2 aliphatic rings. The third kappa shape index (κ3) is 3.50. The molecule has 0 spiro atoms. The van der Waals surface area contributed by atoms with Gasteiger partial charge in [-0.1, -0.05) is 76.7 Å². The Morgan fingerprint density at radius 2 is 1.61 bits per heavy atom. The average Bonchev–Trinajstić information content (AvgIpc) is 3.17. The van der Waals surface area contributed by atoms with Crippen LogP contribution in [0.4, 0.5) is 0 Å². The van der Waals surface area contributed by atoms with Crippen LogP contribution in [0.25, 0.3) is 10.5 Å². The maximum Gasteiger partial charge on any atom is 0.122 e. The maximum absolute atomic E-state index is 8.92. The van der Waals surface area contributed by atoms with E-state index in [0.717, 1.165) is 5.56 Å². The van der Waals surface area contributed by atoms with E-state index < -0.39 is 0 Å². The van der Waals surface area contributed by atoms with Crippen LogP contribution >= 0.6 is 47.0 Å². The number of nitriles is 1. The highest BCUT2D eigenvalue weighted by Crippen LogP contribution is 2.59. The lowest BCUT2D eigenvalue weighted by molar-refractivity contribution is 1.52. The number of nitrogens with zero attached hydrogens (tertiary/aromatic N) is 2. The minimum Gasteiger partial charge on any atom is -0.192 e. The third-order valence-electron chi connectivity index (χ3n) is 3.31. The normalized spacial score (nSPS) is 17.2. The van der Waals surface area contributed by atoms with Gasteiger partial charge < -0.3 is 0 Å². The summed E-state index contributed by atoms with van der Waals surface area (Å²) in [5.41, 5.74) is 1.94. The summed E-state index contributed by atoms with van der Waals surface area (Å²) >= 11 is 7.26. The van der Waals surface area contributed by atoms with E-state index in [0.29, 0.717) is 5.56 Å². The number of thioether (sulfide) groups is 4. The van der Waals surface area contributed by atoms with Crippen LogP contribution in [-0.2, 0) is 0 Å². The minimum absolute atomic E-state index is 0.151. The van der Waals surface area contributed by atoms with Crippen molar-refractivity contribution < 1.29 is 0 Å². The number of hydrogen-bond donors (Lipinski definition) is 0. The molecule has 1 aromatic carbocycles. The molecule has 0 saturated heterocycles. The van der Waals surface area contributed by atoms with Gasteiger partial charge in [-0.15, -0.1) is 0 Å². The zero-order chi connectivity index (χ0) is 16.4. The highest BCUT2D eigenvalue weighted by atomic mass is 32.2. The molecular weight excluding hydrogens is 360 g/mol. The van der Waals surface area contributed by atoms with E-state index in [9.17, 15) is 0 Å². The maximum atomic E-state index is 8.92. The molecule has 3 rings (SSSR count). The van der Waals surface area contributed by atoms with Crippen molar-refractivity contribution in [1.29, 1.82) is 5.26 Å². The summed E-state index contributed by atoms with van der Waals surface area (Å²) in [6, 6.07) is 9.54. The standard InChI is InChI=1S/C17H11N2S4/c1-10-11(2)22-17(21-10)16-20-9-15(23-16)13-5-3-12(4-6-13)14(7-18)8-19/h3-6,9H,1-2H3. The van der Waals surface area contributed by atoms with Crippen LogP contribution in [0.15, 0.2) is 48.0 Å². The predicted molar refractivity (Wildman–Crippen MR) is 106 cm³/mol. The smallest absolute Gasteiger partial charge is 0.122 e. The summed E-state index contributed by atoms with van der Waals surface area (Å²) in [4.78, 5) is 3.98. The molecule has 23 heavy (non-hydrogen) atoms. The largest absolute Gasteiger partial charge is 0.192 e. The summed E-state index contributed by atoms with van der Waals surface area (Å²) < 4.78 is 2.69. The van der Waals surface area contributed by atoms with Gasteiger partial charge in [-0.2, -0.15) is 5.26 Å². The van der Waals surface area contributed by atoms with Crippen molar-refractivity contribution in [2.45, 2.75) is 13.8 Å². The summed E-state index contributed by atoms with van der Waals surface area (Å²) in [6.07, 6.45) is 0. The zero-order valence-electron chi connectivity index (χ0n) is 12.4. The lowest BCUT2D eigenvalue weighted by atomic mass is 10.1. The molecule has 0 atom stereocenters. The first kappa shape index (κ1) is 16.6. The number of allylic oxidation sites excluding steroid dienone is 3. The number of hydrogen-bond acceptors (Lipinski definition) is 5.